The Morgan fingerprint density at radius 2 is 1.52 bits per heavy atom. The van der Waals surface area contributed by atoms with Crippen molar-refractivity contribution in [3.8, 4) is 5.88 Å². The highest BCUT2D eigenvalue weighted by Crippen LogP contribution is 2.17. The van der Waals surface area contributed by atoms with Crippen molar-refractivity contribution in [1.29, 1.82) is 0 Å². The number of benzene rings is 1. The Balaban J connectivity index is 1.35. The summed E-state index contributed by atoms with van der Waals surface area (Å²) in [6.45, 7) is 7.80. The van der Waals surface area contributed by atoms with Gasteiger partial charge in [-0.3, -0.25) is 4.90 Å². The molecular formula is C23H30F3N5O2. The van der Waals surface area contributed by atoms with E-state index >= 15 is 0 Å². The van der Waals surface area contributed by atoms with Gasteiger partial charge in [0.15, 0.2) is 6.61 Å². The lowest BCUT2D eigenvalue weighted by molar-refractivity contribution is -0.154. The number of hydrogen-bond donors (Lipinski definition) is 2. The fourth-order valence-electron chi connectivity index (χ4n) is 3.47. The SMILES string of the molecule is CCN1CCN(Cc2ccc(CNC(=O)NCc3ccc(OCC(F)(F)F)nc3)cc2)CC1. The van der Waals surface area contributed by atoms with Gasteiger partial charge < -0.3 is 20.3 Å². The number of amides is 2. The van der Waals surface area contributed by atoms with E-state index in [0.29, 0.717) is 12.1 Å². The van der Waals surface area contributed by atoms with E-state index in [-0.39, 0.29) is 18.5 Å². The smallest absolute Gasteiger partial charge is 0.422 e. The van der Waals surface area contributed by atoms with Gasteiger partial charge in [0.05, 0.1) is 0 Å². The molecule has 0 atom stereocenters. The van der Waals surface area contributed by atoms with E-state index in [1.807, 2.05) is 12.1 Å². The summed E-state index contributed by atoms with van der Waals surface area (Å²) in [6.07, 6.45) is -3.04. The molecule has 1 aromatic carbocycles. The lowest BCUT2D eigenvalue weighted by atomic mass is 10.1. The highest BCUT2D eigenvalue weighted by Gasteiger charge is 2.28. The number of ether oxygens (including phenoxy) is 1. The van der Waals surface area contributed by atoms with Crippen LogP contribution in [-0.4, -0.2) is 66.3 Å². The lowest BCUT2D eigenvalue weighted by Gasteiger charge is -2.34. The van der Waals surface area contributed by atoms with E-state index < -0.39 is 12.8 Å². The van der Waals surface area contributed by atoms with Crippen LogP contribution in [0.15, 0.2) is 42.6 Å². The van der Waals surface area contributed by atoms with E-state index in [1.165, 1.54) is 17.8 Å². The van der Waals surface area contributed by atoms with E-state index in [1.54, 1.807) is 6.07 Å². The zero-order chi connectivity index (χ0) is 23.7. The summed E-state index contributed by atoms with van der Waals surface area (Å²) in [7, 11) is 0. The molecule has 2 N–H and O–H groups in total. The number of nitrogens with zero attached hydrogens (tertiary/aromatic N) is 3. The van der Waals surface area contributed by atoms with Gasteiger partial charge in [0.25, 0.3) is 0 Å². The molecule has 1 aromatic heterocycles. The van der Waals surface area contributed by atoms with Crippen LogP contribution in [0, 0.1) is 0 Å². The predicted octanol–water partition coefficient (Wildman–Crippen LogP) is 3.16. The monoisotopic (exact) mass is 465 g/mol. The fraction of sp³-hybridized carbons (Fsp3) is 0.478. The number of carbonyl (C=O) groups excluding carboxylic acids is 1. The normalized spacial score (nSPS) is 15.3. The minimum absolute atomic E-state index is 0.118. The van der Waals surface area contributed by atoms with Gasteiger partial charge in [0, 0.05) is 58.1 Å². The number of rotatable bonds is 9. The predicted molar refractivity (Wildman–Crippen MR) is 119 cm³/mol. The molecule has 0 saturated carbocycles. The molecule has 1 aliphatic heterocycles. The van der Waals surface area contributed by atoms with Crippen molar-refractivity contribution >= 4 is 6.03 Å². The van der Waals surface area contributed by atoms with E-state index in [2.05, 4.69) is 49.2 Å². The summed E-state index contributed by atoms with van der Waals surface area (Å²) in [5.74, 6) is -0.118. The third-order valence-corrected chi connectivity index (χ3v) is 5.43. The molecule has 1 aliphatic rings. The number of carbonyl (C=O) groups is 1. The topological polar surface area (TPSA) is 69.7 Å². The molecule has 0 radical (unpaired) electrons. The molecule has 1 fully saturated rings. The number of pyridine rings is 1. The summed E-state index contributed by atoms with van der Waals surface area (Å²) in [6, 6.07) is 10.8. The average Bonchev–Trinajstić information content (AvgIpc) is 2.81. The van der Waals surface area contributed by atoms with Crippen LogP contribution in [0.1, 0.15) is 23.6 Å². The molecule has 0 aliphatic carbocycles. The molecular weight excluding hydrogens is 435 g/mol. The number of likely N-dealkylation sites (N-methyl/N-ethyl adjacent to an activating group) is 1. The van der Waals surface area contributed by atoms with Gasteiger partial charge in [0.2, 0.25) is 5.88 Å². The number of halogens is 3. The van der Waals surface area contributed by atoms with Gasteiger partial charge in [-0.15, -0.1) is 0 Å². The van der Waals surface area contributed by atoms with Gasteiger partial charge in [0.1, 0.15) is 0 Å². The fourth-order valence-corrected chi connectivity index (χ4v) is 3.47. The van der Waals surface area contributed by atoms with Crippen molar-refractivity contribution in [3.63, 3.8) is 0 Å². The molecule has 2 heterocycles. The Bertz CT molecular complexity index is 867. The first-order valence-corrected chi connectivity index (χ1v) is 11.0. The van der Waals surface area contributed by atoms with Crippen molar-refractivity contribution in [1.82, 2.24) is 25.4 Å². The van der Waals surface area contributed by atoms with Gasteiger partial charge in [-0.25, -0.2) is 9.78 Å². The first-order valence-electron chi connectivity index (χ1n) is 11.0. The molecule has 1 saturated heterocycles. The van der Waals surface area contributed by atoms with E-state index in [9.17, 15) is 18.0 Å². The van der Waals surface area contributed by atoms with Crippen LogP contribution in [0.5, 0.6) is 5.88 Å². The van der Waals surface area contributed by atoms with Crippen molar-refractivity contribution in [3.05, 3.63) is 59.3 Å². The second-order valence-corrected chi connectivity index (χ2v) is 7.97. The molecule has 2 aromatic rings. The standard InChI is InChI=1S/C23H30F3N5O2/c1-2-30-9-11-31(12-10-30)16-19-5-3-18(4-6-19)13-28-22(32)29-15-20-7-8-21(27-14-20)33-17-23(24,25)26/h3-8,14H,2,9-13,15-17H2,1H3,(H2,28,29,32). The minimum Gasteiger partial charge on any atom is -0.468 e. The maximum Gasteiger partial charge on any atom is 0.422 e. The summed E-state index contributed by atoms with van der Waals surface area (Å²) in [4.78, 5) is 20.8. The van der Waals surface area contributed by atoms with Crippen molar-refractivity contribution in [2.24, 2.45) is 0 Å². The lowest BCUT2D eigenvalue weighted by Crippen LogP contribution is -2.45. The summed E-state index contributed by atoms with van der Waals surface area (Å²) < 4.78 is 41.0. The second-order valence-electron chi connectivity index (χ2n) is 7.97. The Labute approximate surface area is 191 Å². The highest BCUT2D eigenvalue weighted by molar-refractivity contribution is 5.73. The zero-order valence-electron chi connectivity index (χ0n) is 18.7. The Morgan fingerprint density at radius 3 is 2.09 bits per heavy atom. The van der Waals surface area contributed by atoms with Crippen molar-refractivity contribution in [2.45, 2.75) is 32.7 Å². The molecule has 0 unspecified atom stereocenters. The third-order valence-electron chi connectivity index (χ3n) is 5.43. The number of aromatic nitrogens is 1. The first-order chi connectivity index (χ1) is 15.8. The van der Waals surface area contributed by atoms with Crippen LogP contribution in [-0.2, 0) is 19.6 Å². The number of urea groups is 1. The number of piperazine rings is 1. The maximum atomic E-state index is 12.2. The minimum atomic E-state index is -4.41. The number of nitrogens with one attached hydrogen (secondary N) is 2. The van der Waals surface area contributed by atoms with E-state index in [0.717, 1.165) is 44.8 Å². The van der Waals surface area contributed by atoms with Crippen LogP contribution in [0.3, 0.4) is 0 Å². The molecule has 0 bridgehead atoms. The number of hydrogen-bond acceptors (Lipinski definition) is 5. The van der Waals surface area contributed by atoms with Crippen molar-refractivity contribution in [2.75, 3.05) is 39.3 Å². The Morgan fingerprint density at radius 1 is 0.939 bits per heavy atom. The highest BCUT2D eigenvalue weighted by atomic mass is 19.4. The molecule has 33 heavy (non-hydrogen) atoms. The number of alkyl halides is 3. The summed E-state index contributed by atoms with van der Waals surface area (Å²) >= 11 is 0. The quantitative estimate of drug-likeness (QED) is 0.596. The Hall–Kier alpha value is -2.85. The largest absolute Gasteiger partial charge is 0.468 e. The zero-order valence-corrected chi connectivity index (χ0v) is 18.7. The van der Waals surface area contributed by atoms with Gasteiger partial charge in [-0.2, -0.15) is 13.2 Å². The summed E-state index contributed by atoms with van der Waals surface area (Å²) in [5, 5.41) is 5.49. The maximum absolute atomic E-state index is 12.2. The molecule has 180 valence electrons. The summed E-state index contributed by atoms with van der Waals surface area (Å²) in [5.41, 5.74) is 2.90. The average molecular weight is 466 g/mol. The van der Waals surface area contributed by atoms with E-state index in [4.69, 9.17) is 0 Å². The van der Waals surface area contributed by atoms with Gasteiger partial charge in [-0.1, -0.05) is 37.3 Å². The van der Waals surface area contributed by atoms with Gasteiger partial charge in [-0.05, 0) is 23.2 Å². The second kappa shape index (κ2) is 11.9. The van der Waals surface area contributed by atoms with Gasteiger partial charge >= 0.3 is 12.2 Å². The molecule has 2 amide bonds. The van der Waals surface area contributed by atoms with Crippen LogP contribution in [0.25, 0.3) is 0 Å². The molecule has 10 heteroatoms. The van der Waals surface area contributed by atoms with Crippen LogP contribution >= 0.6 is 0 Å². The molecule has 0 spiro atoms. The molecule has 7 nitrogen and oxygen atoms in total. The molecule has 3 rings (SSSR count). The van der Waals surface area contributed by atoms with Crippen LogP contribution in [0.2, 0.25) is 0 Å². The third kappa shape index (κ3) is 8.89. The van der Waals surface area contributed by atoms with Crippen LogP contribution in [0.4, 0.5) is 18.0 Å². The first kappa shape index (κ1) is 24.8. The van der Waals surface area contributed by atoms with Crippen molar-refractivity contribution < 1.29 is 22.7 Å². The van der Waals surface area contributed by atoms with Crippen LogP contribution < -0.4 is 15.4 Å². The Kier molecular flexibility index (Phi) is 8.90.